The molecule has 6 heterocycles. The number of hydrogen-bond donors (Lipinski definition) is 3. The summed E-state index contributed by atoms with van der Waals surface area (Å²) in [5.41, 5.74) is 7.00. The van der Waals surface area contributed by atoms with Gasteiger partial charge in [-0.15, -0.1) is 0 Å². The molecule has 2 unspecified atom stereocenters. The van der Waals surface area contributed by atoms with Crippen LogP contribution < -0.4 is 16.0 Å². The second kappa shape index (κ2) is 14.5. The number of likely N-dealkylation sites (tertiary alicyclic amines) is 1. The zero-order valence-corrected chi connectivity index (χ0v) is 28.9. The molecule has 19 heteroatoms. The van der Waals surface area contributed by atoms with Gasteiger partial charge in [0.05, 0.1) is 23.1 Å². The van der Waals surface area contributed by atoms with Crippen LogP contribution in [0.15, 0.2) is 53.4 Å². The number of aromatic nitrogens is 4. The number of piperidine rings is 2. The van der Waals surface area contributed by atoms with Crippen molar-refractivity contribution >= 4 is 41.9 Å². The molecule has 3 aromatic heterocycles. The van der Waals surface area contributed by atoms with E-state index in [1.54, 1.807) is 0 Å². The summed E-state index contributed by atoms with van der Waals surface area (Å²) in [6, 6.07) is 7.87. The second-order valence-corrected chi connectivity index (χ2v) is 13.7. The maximum absolute atomic E-state index is 14.4. The third-order valence-corrected chi connectivity index (χ3v) is 10.3. The lowest BCUT2D eigenvalue weighted by Gasteiger charge is -2.32. The number of nitrogens with zero attached hydrogens (tertiary/aromatic N) is 7. The summed E-state index contributed by atoms with van der Waals surface area (Å²) in [6.07, 6.45) is -2.88. The third-order valence-electron chi connectivity index (χ3n) is 9.70. The molecule has 2 atom stereocenters. The first-order valence-electron chi connectivity index (χ1n) is 16.8. The van der Waals surface area contributed by atoms with E-state index in [1.165, 1.54) is 29.2 Å². The van der Waals surface area contributed by atoms with Crippen LogP contribution in [-0.4, -0.2) is 79.1 Å². The van der Waals surface area contributed by atoms with E-state index in [0.29, 0.717) is 50.3 Å². The molecule has 0 spiro atoms. The predicted octanol–water partition coefficient (Wildman–Crippen LogP) is 5.06. The van der Waals surface area contributed by atoms with Crippen molar-refractivity contribution in [2.45, 2.75) is 68.8 Å². The molecule has 13 nitrogen and oxygen atoms in total. The maximum atomic E-state index is 14.4. The number of oxazole rings is 1. The Bertz CT molecular complexity index is 2030. The predicted molar refractivity (Wildman–Crippen MR) is 182 cm³/mol. The minimum atomic E-state index is -4.80. The molecular weight excluding hydrogens is 725 g/mol. The summed E-state index contributed by atoms with van der Waals surface area (Å²) < 4.78 is 77.2. The average Bonchev–Trinajstić information content (AvgIpc) is 3.86. The molecule has 4 aromatic rings. The van der Waals surface area contributed by atoms with E-state index >= 15 is 0 Å². The number of pyridine rings is 1. The first-order valence-corrected chi connectivity index (χ1v) is 17.3. The topological polar surface area (TPSA) is 156 Å². The molecule has 0 bridgehead atoms. The Morgan fingerprint density at radius 3 is 2.58 bits per heavy atom. The van der Waals surface area contributed by atoms with Gasteiger partial charge in [0, 0.05) is 50.6 Å². The number of alkyl halides is 5. The number of benzene rings is 1. The molecule has 2 fully saturated rings. The van der Waals surface area contributed by atoms with Crippen LogP contribution in [0.25, 0.3) is 11.5 Å². The third kappa shape index (κ3) is 7.77. The zero-order valence-electron chi connectivity index (χ0n) is 28.0. The Morgan fingerprint density at radius 2 is 1.91 bits per heavy atom. The summed E-state index contributed by atoms with van der Waals surface area (Å²) >= 11 is 4.76. The van der Waals surface area contributed by atoms with E-state index in [1.807, 2.05) is 17.0 Å². The normalized spacial score (nSPS) is 20.2. The summed E-state index contributed by atoms with van der Waals surface area (Å²) in [5.74, 6) is -1.90. The van der Waals surface area contributed by atoms with E-state index in [2.05, 4.69) is 31.3 Å². The van der Waals surface area contributed by atoms with E-state index < -0.39 is 42.5 Å². The number of rotatable bonds is 10. The lowest BCUT2D eigenvalue weighted by Crippen LogP contribution is -2.51. The van der Waals surface area contributed by atoms with Gasteiger partial charge in [0.25, 0.3) is 12.3 Å². The quantitative estimate of drug-likeness (QED) is 0.114. The first kappa shape index (κ1) is 36.5. The SMILES string of the molecule is NC(=O)c1coc(-c2ccnc(N(CC(F)(F)F)c3cn(C4CCN(Cc5ccc6c(c5)CN(C5CCC(=O)NC5=O)C6S)CC4)nc3C(F)F)c2)n1. The van der Waals surface area contributed by atoms with Crippen LogP contribution >= 0.6 is 12.6 Å². The van der Waals surface area contributed by atoms with Gasteiger partial charge >= 0.3 is 6.18 Å². The Hall–Kier alpha value is -4.88. The number of nitrogens with two attached hydrogens (primary N) is 1. The monoisotopic (exact) mass is 759 g/mol. The van der Waals surface area contributed by atoms with Crippen LogP contribution in [0.1, 0.15) is 76.4 Å². The number of amides is 3. The molecular formula is C34H34F5N9O4S. The highest BCUT2D eigenvalue weighted by atomic mass is 32.1. The number of anilines is 2. The zero-order chi connectivity index (χ0) is 37.6. The van der Waals surface area contributed by atoms with Crippen molar-refractivity contribution in [3.8, 4) is 11.5 Å². The number of primary amides is 1. The number of fused-ring (bicyclic) bond motifs is 1. The highest BCUT2D eigenvalue weighted by Gasteiger charge is 2.40. The fourth-order valence-corrected chi connectivity index (χ4v) is 7.62. The van der Waals surface area contributed by atoms with E-state index in [4.69, 9.17) is 22.8 Å². The van der Waals surface area contributed by atoms with Crippen molar-refractivity contribution in [2.75, 3.05) is 24.5 Å². The molecule has 7 rings (SSSR count). The van der Waals surface area contributed by atoms with Gasteiger partial charge < -0.3 is 15.1 Å². The number of thiol groups is 1. The fraction of sp³-hybridized carbons (Fsp3) is 0.412. The summed E-state index contributed by atoms with van der Waals surface area (Å²) in [6.45, 7) is 0.650. The van der Waals surface area contributed by atoms with Crippen LogP contribution in [-0.2, 0) is 22.7 Å². The smallest absolute Gasteiger partial charge is 0.406 e. The van der Waals surface area contributed by atoms with Gasteiger partial charge in [-0.1, -0.05) is 18.2 Å². The Morgan fingerprint density at radius 1 is 1.13 bits per heavy atom. The molecule has 3 amide bonds. The van der Waals surface area contributed by atoms with Crippen molar-refractivity contribution in [1.82, 2.24) is 34.9 Å². The molecule has 3 aliphatic rings. The molecule has 3 aliphatic heterocycles. The Kier molecular flexibility index (Phi) is 9.98. The Balaban J connectivity index is 1.05. The van der Waals surface area contributed by atoms with Crippen molar-refractivity contribution < 1.29 is 40.8 Å². The largest absolute Gasteiger partial charge is 0.444 e. The molecule has 53 heavy (non-hydrogen) atoms. The summed E-state index contributed by atoms with van der Waals surface area (Å²) in [5, 5.41) is 6.22. The minimum absolute atomic E-state index is 0.120. The molecule has 2 saturated heterocycles. The fourth-order valence-electron chi connectivity index (χ4n) is 7.12. The van der Waals surface area contributed by atoms with E-state index in [-0.39, 0.29) is 52.6 Å². The van der Waals surface area contributed by atoms with Gasteiger partial charge in [-0.05, 0) is 48.1 Å². The number of imide groups is 1. The summed E-state index contributed by atoms with van der Waals surface area (Å²) in [4.78, 5) is 48.4. The molecule has 280 valence electrons. The molecule has 3 N–H and O–H groups in total. The lowest BCUT2D eigenvalue weighted by molar-refractivity contribution is -0.137. The lowest BCUT2D eigenvalue weighted by atomic mass is 10.0. The van der Waals surface area contributed by atoms with Crippen molar-refractivity contribution in [1.29, 1.82) is 0 Å². The van der Waals surface area contributed by atoms with Crippen LogP contribution in [0, 0.1) is 0 Å². The second-order valence-electron chi connectivity index (χ2n) is 13.2. The van der Waals surface area contributed by atoms with Crippen molar-refractivity contribution in [2.24, 2.45) is 5.73 Å². The minimum Gasteiger partial charge on any atom is -0.444 e. The first-order chi connectivity index (χ1) is 25.2. The van der Waals surface area contributed by atoms with E-state index in [9.17, 15) is 36.3 Å². The van der Waals surface area contributed by atoms with Gasteiger partial charge in [0.15, 0.2) is 11.4 Å². The number of carbonyl (C=O) groups excluding carboxylic acids is 3. The van der Waals surface area contributed by atoms with Crippen LogP contribution in [0.5, 0.6) is 0 Å². The van der Waals surface area contributed by atoms with E-state index in [0.717, 1.165) is 23.0 Å². The van der Waals surface area contributed by atoms with Crippen molar-refractivity contribution in [3.05, 3.63) is 77.1 Å². The standard InChI is InChI=1S/C34H34F5N9O4S/c35-29(36)28-25(47(17-34(37,38)39)26-12-19(5-8-41-26)32-42-23(16-52-32)30(40)50)15-48(44-28)21-6-9-45(10-7-21)13-18-1-2-22-20(11-18)14-46(33(22)53)24-3-4-27(49)43-31(24)51/h1-2,5,8,11-12,15-16,21,24,29,33,53H,3-4,6-7,9-10,13-14,17H2,(H2,40,50)(H,43,49,51). The van der Waals surface area contributed by atoms with Crippen LogP contribution in [0.3, 0.4) is 0 Å². The Labute approximate surface area is 304 Å². The highest BCUT2D eigenvalue weighted by molar-refractivity contribution is 7.80. The molecule has 0 saturated carbocycles. The van der Waals surface area contributed by atoms with Gasteiger partial charge in [0.1, 0.15) is 18.6 Å². The molecule has 0 aliphatic carbocycles. The number of nitrogens with one attached hydrogen (secondary N) is 1. The van der Waals surface area contributed by atoms with Crippen molar-refractivity contribution in [3.63, 3.8) is 0 Å². The number of halogens is 5. The van der Waals surface area contributed by atoms with Gasteiger partial charge in [-0.2, -0.15) is 30.9 Å². The molecule has 0 radical (unpaired) electrons. The van der Waals surface area contributed by atoms with Gasteiger partial charge in [-0.3, -0.25) is 34.2 Å². The average molecular weight is 760 g/mol. The van der Waals surface area contributed by atoms with Gasteiger partial charge in [0.2, 0.25) is 17.7 Å². The number of hydrogen-bond acceptors (Lipinski definition) is 11. The van der Waals surface area contributed by atoms with Crippen LogP contribution in [0.4, 0.5) is 33.5 Å². The maximum Gasteiger partial charge on any atom is 0.406 e. The van der Waals surface area contributed by atoms with Crippen LogP contribution in [0.2, 0.25) is 0 Å². The van der Waals surface area contributed by atoms with Gasteiger partial charge in [-0.25, -0.2) is 18.7 Å². The highest BCUT2D eigenvalue weighted by Crippen LogP contribution is 2.41. The summed E-state index contributed by atoms with van der Waals surface area (Å²) in [7, 11) is 0. The molecule has 1 aromatic carbocycles. The number of carbonyl (C=O) groups is 3.